The highest BCUT2D eigenvalue weighted by atomic mass is 32.2. The fourth-order valence-electron chi connectivity index (χ4n) is 2.43. The molecule has 0 spiro atoms. The summed E-state index contributed by atoms with van der Waals surface area (Å²) in [7, 11) is 3.08. The van der Waals surface area contributed by atoms with Crippen molar-refractivity contribution in [1.82, 2.24) is 0 Å². The maximum absolute atomic E-state index is 12.1. The van der Waals surface area contributed by atoms with Crippen molar-refractivity contribution < 1.29 is 23.8 Å². The van der Waals surface area contributed by atoms with Crippen LogP contribution in [0.5, 0.6) is 17.2 Å². The molecule has 0 aromatic heterocycles. The average Bonchev–Trinajstić information content (AvgIpc) is 2.69. The number of carbonyl (C=O) groups is 2. The minimum absolute atomic E-state index is 0.0944. The Kier molecular flexibility index (Phi) is 8.67. The second kappa shape index (κ2) is 11.2. The Morgan fingerprint density at radius 1 is 0.862 bits per heavy atom. The third kappa shape index (κ3) is 7.57. The molecule has 0 aliphatic heterocycles. The van der Waals surface area contributed by atoms with Gasteiger partial charge in [0.2, 0.25) is 11.8 Å². The van der Waals surface area contributed by atoms with E-state index in [4.69, 9.17) is 14.2 Å². The summed E-state index contributed by atoms with van der Waals surface area (Å²) in [6.07, 6.45) is 0.0944. The predicted octanol–water partition coefficient (Wildman–Crippen LogP) is 3.80. The van der Waals surface area contributed by atoms with Gasteiger partial charge in [0.15, 0.2) is 11.5 Å². The van der Waals surface area contributed by atoms with Crippen molar-refractivity contribution in [2.45, 2.75) is 20.0 Å². The molecule has 2 aromatic carbocycles. The van der Waals surface area contributed by atoms with E-state index in [2.05, 4.69) is 10.6 Å². The molecule has 8 heteroatoms. The minimum atomic E-state index is -0.204. The Morgan fingerprint density at radius 3 is 1.97 bits per heavy atom. The number of anilines is 2. The van der Waals surface area contributed by atoms with Gasteiger partial charge in [0.1, 0.15) is 5.75 Å². The molecule has 2 N–H and O–H groups in total. The van der Waals surface area contributed by atoms with Crippen LogP contribution in [0.1, 0.15) is 13.8 Å². The van der Waals surface area contributed by atoms with Gasteiger partial charge in [-0.2, -0.15) is 0 Å². The van der Waals surface area contributed by atoms with E-state index in [1.807, 2.05) is 13.8 Å². The van der Waals surface area contributed by atoms with Crippen LogP contribution >= 0.6 is 11.8 Å². The molecule has 7 nitrogen and oxygen atoms in total. The Bertz CT molecular complexity index is 824. The molecule has 0 heterocycles. The first-order valence-electron chi connectivity index (χ1n) is 9.07. The molecular formula is C21H26N2O5S. The van der Waals surface area contributed by atoms with Gasteiger partial charge >= 0.3 is 0 Å². The first-order valence-corrected chi connectivity index (χ1v) is 10.2. The van der Waals surface area contributed by atoms with Gasteiger partial charge in [-0.05, 0) is 50.2 Å². The fraction of sp³-hybridized carbons (Fsp3) is 0.333. The number of thioether (sulfide) groups is 1. The molecule has 0 aliphatic carbocycles. The summed E-state index contributed by atoms with van der Waals surface area (Å²) in [6, 6.07) is 12.3. The zero-order valence-corrected chi connectivity index (χ0v) is 17.8. The zero-order chi connectivity index (χ0) is 21.2. The van der Waals surface area contributed by atoms with Crippen LogP contribution in [0, 0.1) is 0 Å². The van der Waals surface area contributed by atoms with E-state index >= 15 is 0 Å². The van der Waals surface area contributed by atoms with Gasteiger partial charge in [-0.3, -0.25) is 9.59 Å². The van der Waals surface area contributed by atoms with Gasteiger partial charge in [0.25, 0.3) is 0 Å². The second-order valence-electron chi connectivity index (χ2n) is 6.35. The summed E-state index contributed by atoms with van der Waals surface area (Å²) in [5.41, 5.74) is 1.28. The SMILES string of the molecule is COc1ccc(NC(=O)CSCC(=O)Nc2ccc(OC(C)C)cc2)cc1OC. The molecule has 0 aliphatic rings. The fourth-order valence-corrected chi connectivity index (χ4v) is 3.05. The van der Waals surface area contributed by atoms with Crippen molar-refractivity contribution in [3.63, 3.8) is 0 Å². The van der Waals surface area contributed by atoms with Gasteiger partial charge in [0.05, 0.1) is 31.8 Å². The van der Waals surface area contributed by atoms with E-state index in [0.717, 1.165) is 5.75 Å². The number of hydrogen-bond acceptors (Lipinski definition) is 6. The molecule has 0 radical (unpaired) electrons. The molecular weight excluding hydrogens is 392 g/mol. The van der Waals surface area contributed by atoms with Gasteiger partial charge < -0.3 is 24.8 Å². The van der Waals surface area contributed by atoms with Crippen molar-refractivity contribution in [1.29, 1.82) is 0 Å². The normalized spacial score (nSPS) is 10.4. The van der Waals surface area contributed by atoms with Gasteiger partial charge in [-0.15, -0.1) is 11.8 Å². The average molecular weight is 419 g/mol. The van der Waals surface area contributed by atoms with E-state index in [1.54, 1.807) is 49.6 Å². The third-order valence-electron chi connectivity index (χ3n) is 3.64. The van der Waals surface area contributed by atoms with Crippen molar-refractivity contribution in [2.75, 3.05) is 36.4 Å². The van der Waals surface area contributed by atoms with Gasteiger partial charge in [-0.1, -0.05) is 0 Å². The van der Waals surface area contributed by atoms with E-state index in [0.29, 0.717) is 22.9 Å². The summed E-state index contributed by atoms with van der Waals surface area (Å²) >= 11 is 1.23. The molecule has 0 bridgehead atoms. The molecule has 0 atom stereocenters. The van der Waals surface area contributed by atoms with Gasteiger partial charge in [0, 0.05) is 17.4 Å². The topological polar surface area (TPSA) is 85.9 Å². The second-order valence-corrected chi connectivity index (χ2v) is 7.34. The smallest absolute Gasteiger partial charge is 0.234 e. The van der Waals surface area contributed by atoms with Crippen LogP contribution < -0.4 is 24.8 Å². The quantitative estimate of drug-likeness (QED) is 0.610. The van der Waals surface area contributed by atoms with E-state index in [-0.39, 0.29) is 29.4 Å². The van der Waals surface area contributed by atoms with Crippen LogP contribution in [0.4, 0.5) is 11.4 Å². The van der Waals surface area contributed by atoms with Gasteiger partial charge in [-0.25, -0.2) is 0 Å². The molecule has 0 unspecified atom stereocenters. The summed E-state index contributed by atoms with van der Waals surface area (Å²) in [6.45, 7) is 3.91. The Balaban J connectivity index is 1.74. The summed E-state index contributed by atoms with van der Waals surface area (Å²) in [5, 5.41) is 5.57. The van der Waals surface area contributed by atoms with Crippen molar-refractivity contribution >= 4 is 35.0 Å². The number of methoxy groups -OCH3 is 2. The van der Waals surface area contributed by atoms with E-state index < -0.39 is 0 Å². The standard InChI is InChI=1S/C21H26N2O5S/c1-14(2)28-17-8-5-15(6-9-17)22-20(24)12-29-13-21(25)23-16-7-10-18(26-3)19(11-16)27-4/h5-11,14H,12-13H2,1-4H3,(H,22,24)(H,23,25). The first kappa shape index (κ1) is 22.4. The van der Waals surface area contributed by atoms with E-state index in [1.165, 1.54) is 18.9 Å². The molecule has 0 saturated heterocycles. The number of carbonyl (C=O) groups excluding carboxylic acids is 2. The molecule has 0 fully saturated rings. The van der Waals surface area contributed by atoms with E-state index in [9.17, 15) is 9.59 Å². The lowest BCUT2D eigenvalue weighted by Gasteiger charge is -2.11. The van der Waals surface area contributed by atoms with Crippen LogP contribution in [-0.4, -0.2) is 43.6 Å². The monoisotopic (exact) mass is 418 g/mol. The molecule has 2 rings (SSSR count). The number of amides is 2. The molecule has 2 aromatic rings. The zero-order valence-electron chi connectivity index (χ0n) is 17.0. The van der Waals surface area contributed by atoms with Crippen molar-refractivity contribution in [2.24, 2.45) is 0 Å². The van der Waals surface area contributed by atoms with Crippen LogP contribution in [0.2, 0.25) is 0 Å². The van der Waals surface area contributed by atoms with Crippen molar-refractivity contribution in [3.05, 3.63) is 42.5 Å². The lowest BCUT2D eigenvalue weighted by Crippen LogP contribution is -2.18. The lowest BCUT2D eigenvalue weighted by atomic mass is 10.2. The highest BCUT2D eigenvalue weighted by molar-refractivity contribution is 8.00. The largest absolute Gasteiger partial charge is 0.493 e. The third-order valence-corrected chi connectivity index (χ3v) is 4.58. The Hall–Kier alpha value is -2.87. The Labute approximate surface area is 175 Å². The Morgan fingerprint density at radius 2 is 1.41 bits per heavy atom. The molecule has 2 amide bonds. The maximum Gasteiger partial charge on any atom is 0.234 e. The first-order chi connectivity index (χ1) is 13.9. The maximum atomic E-state index is 12.1. The highest BCUT2D eigenvalue weighted by Gasteiger charge is 2.09. The predicted molar refractivity (Wildman–Crippen MR) is 116 cm³/mol. The number of nitrogens with one attached hydrogen (secondary N) is 2. The van der Waals surface area contributed by atoms with Crippen LogP contribution in [0.15, 0.2) is 42.5 Å². The number of ether oxygens (including phenoxy) is 3. The number of hydrogen-bond donors (Lipinski definition) is 2. The lowest BCUT2D eigenvalue weighted by molar-refractivity contribution is -0.114. The minimum Gasteiger partial charge on any atom is -0.493 e. The molecule has 0 saturated carbocycles. The summed E-state index contributed by atoms with van der Waals surface area (Å²) < 4.78 is 15.9. The molecule has 156 valence electrons. The van der Waals surface area contributed by atoms with Crippen LogP contribution in [-0.2, 0) is 9.59 Å². The van der Waals surface area contributed by atoms with Crippen molar-refractivity contribution in [3.8, 4) is 17.2 Å². The van der Waals surface area contributed by atoms with Crippen LogP contribution in [0.25, 0.3) is 0 Å². The highest BCUT2D eigenvalue weighted by Crippen LogP contribution is 2.29. The molecule has 29 heavy (non-hydrogen) atoms. The number of benzene rings is 2. The number of rotatable bonds is 10. The summed E-state index contributed by atoms with van der Waals surface area (Å²) in [5.74, 6) is 1.81. The van der Waals surface area contributed by atoms with Crippen LogP contribution in [0.3, 0.4) is 0 Å². The summed E-state index contributed by atoms with van der Waals surface area (Å²) in [4.78, 5) is 24.1.